The van der Waals surface area contributed by atoms with E-state index in [9.17, 15) is 18.3 Å². The molecule has 0 bridgehead atoms. The van der Waals surface area contributed by atoms with Crippen molar-refractivity contribution in [3.63, 3.8) is 0 Å². The third-order valence-corrected chi connectivity index (χ3v) is 5.39. The van der Waals surface area contributed by atoms with Crippen molar-refractivity contribution in [1.29, 1.82) is 0 Å². The average Bonchev–Trinajstić information content (AvgIpc) is 2.44. The molecule has 0 aliphatic rings. The lowest BCUT2D eigenvalue weighted by Crippen LogP contribution is -2.28. The van der Waals surface area contributed by atoms with Gasteiger partial charge in [0.2, 0.25) is 0 Å². The van der Waals surface area contributed by atoms with Gasteiger partial charge in [-0.2, -0.15) is 0 Å². The minimum Gasteiger partial charge on any atom is -0.480 e. The summed E-state index contributed by atoms with van der Waals surface area (Å²) in [6.45, 7) is 7.58. The van der Waals surface area contributed by atoms with E-state index >= 15 is 0 Å². The molecule has 1 N–H and O–H groups in total. The molecule has 0 radical (unpaired) electrons. The van der Waals surface area contributed by atoms with Crippen molar-refractivity contribution >= 4 is 15.8 Å². The number of carbonyl (C=O) groups is 1. The molecule has 0 heterocycles. The second-order valence-electron chi connectivity index (χ2n) is 5.95. The summed E-state index contributed by atoms with van der Waals surface area (Å²) in [7, 11) is -3.94. The van der Waals surface area contributed by atoms with Crippen LogP contribution in [0.3, 0.4) is 0 Å². The van der Waals surface area contributed by atoms with Gasteiger partial charge in [0.05, 0.1) is 4.90 Å². The molecule has 0 aliphatic heterocycles. The summed E-state index contributed by atoms with van der Waals surface area (Å²) < 4.78 is 25.1. The molecule has 0 saturated heterocycles. The monoisotopic (exact) mass is 336 g/mol. The Balaban J connectivity index is 3.08. The van der Waals surface area contributed by atoms with E-state index in [1.54, 1.807) is 19.1 Å². The number of benzene rings is 1. The molecule has 0 spiro atoms. The molecule has 23 heavy (non-hydrogen) atoms. The molecule has 0 aromatic heterocycles. The van der Waals surface area contributed by atoms with Crippen LogP contribution in [-0.2, 0) is 14.6 Å². The highest BCUT2D eigenvalue weighted by Crippen LogP contribution is 2.20. The Hall–Kier alpha value is -1.88. The van der Waals surface area contributed by atoms with E-state index in [0.717, 1.165) is 17.6 Å². The topological polar surface area (TPSA) is 71.4 Å². The lowest BCUT2D eigenvalue weighted by atomic mass is 10.1. The van der Waals surface area contributed by atoms with Crippen LogP contribution in [0.1, 0.15) is 39.2 Å². The highest BCUT2D eigenvalue weighted by atomic mass is 32.2. The van der Waals surface area contributed by atoms with Crippen LogP contribution in [0.4, 0.5) is 0 Å². The van der Waals surface area contributed by atoms with Gasteiger partial charge in [-0.1, -0.05) is 41.0 Å². The van der Waals surface area contributed by atoms with Crippen LogP contribution in [0.2, 0.25) is 0 Å². The van der Waals surface area contributed by atoms with Crippen LogP contribution in [-0.4, -0.2) is 24.7 Å². The second kappa shape index (κ2) is 8.11. The molecule has 1 unspecified atom stereocenters. The van der Waals surface area contributed by atoms with E-state index in [1.165, 1.54) is 23.8 Å². The van der Waals surface area contributed by atoms with Crippen molar-refractivity contribution in [3.8, 4) is 0 Å². The number of sulfone groups is 1. The van der Waals surface area contributed by atoms with Crippen LogP contribution in [0.5, 0.6) is 0 Å². The number of carboxylic acids is 1. The molecular formula is C18H24O4S. The normalized spacial score (nSPS) is 13.5. The standard InChI is InChI=1S/C18H24O4S/c1-13(2)6-5-7-15(4)12-17(18(19)20)23(21,22)16-10-8-14(3)9-11-16/h6,8-12,17H,5,7H2,1-4H3,(H,19,20)/b15-12+. The molecule has 126 valence electrons. The van der Waals surface area contributed by atoms with Gasteiger partial charge in [-0.05, 0) is 52.7 Å². The smallest absolute Gasteiger partial charge is 0.326 e. The third kappa shape index (κ3) is 5.67. The summed E-state index contributed by atoms with van der Waals surface area (Å²) >= 11 is 0. The third-order valence-electron chi connectivity index (χ3n) is 3.45. The molecule has 0 saturated carbocycles. The van der Waals surface area contributed by atoms with Gasteiger partial charge in [0.1, 0.15) is 0 Å². The first-order chi connectivity index (χ1) is 10.6. The second-order valence-corrected chi connectivity index (χ2v) is 8.02. The number of hydrogen-bond donors (Lipinski definition) is 1. The van der Waals surface area contributed by atoms with Gasteiger partial charge >= 0.3 is 5.97 Å². The largest absolute Gasteiger partial charge is 0.480 e. The Morgan fingerprint density at radius 2 is 1.74 bits per heavy atom. The van der Waals surface area contributed by atoms with Gasteiger partial charge in [-0.25, -0.2) is 8.42 Å². The van der Waals surface area contributed by atoms with Gasteiger partial charge in [0, 0.05) is 0 Å². The minimum atomic E-state index is -3.94. The molecule has 0 amide bonds. The Labute approximate surface area is 138 Å². The first kappa shape index (κ1) is 19.2. The molecular weight excluding hydrogens is 312 g/mol. The lowest BCUT2D eigenvalue weighted by Gasteiger charge is -2.12. The number of aryl methyl sites for hydroxylation is 1. The molecule has 5 heteroatoms. The highest BCUT2D eigenvalue weighted by Gasteiger charge is 2.32. The molecule has 1 aromatic rings. The zero-order chi connectivity index (χ0) is 17.6. The van der Waals surface area contributed by atoms with Crippen molar-refractivity contribution in [3.05, 3.63) is 53.1 Å². The molecule has 4 nitrogen and oxygen atoms in total. The molecule has 1 rings (SSSR count). The van der Waals surface area contributed by atoms with Gasteiger partial charge < -0.3 is 5.11 Å². The van der Waals surface area contributed by atoms with E-state index in [1.807, 2.05) is 26.8 Å². The maximum absolute atomic E-state index is 12.6. The quantitative estimate of drug-likeness (QED) is 0.766. The minimum absolute atomic E-state index is 0.0313. The summed E-state index contributed by atoms with van der Waals surface area (Å²) in [6, 6.07) is 6.23. The lowest BCUT2D eigenvalue weighted by molar-refractivity contribution is -0.135. The number of aliphatic carboxylic acids is 1. The van der Waals surface area contributed by atoms with Crippen molar-refractivity contribution in [1.82, 2.24) is 0 Å². The predicted molar refractivity (Wildman–Crippen MR) is 92.2 cm³/mol. The summed E-state index contributed by atoms with van der Waals surface area (Å²) in [5.74, 6) is -1.35. The number of allylic oxidation sites excluding steroid dienone is 3. The van der Waals surface area contributed by atoms with Crippen molar-refractivity contribution in [2.45, 2.75) is 50.7 Å². The van der Waals surface area contributed by atoms with Crippen LogP contribution in [0.15, 0.2) is 52.5 Å². The number of carboxylic acid groups (broad SMARTS) is 1. The van der Waals surface area contributed by atoms with E-state index < -0.39 is 21.1 Å². The van der Waals surface area contributed by atoms with E-state index in [-0.39, 0.29) is 4.90 Å². The van der Waals surface area contributed by atoms with Crippen molar-refractivity contribution in [2.75, 3.05) is 0 Å². The van der Waals surface area contributed by atoms with E-state index in [4.69, 9.17) is 0 Å². The number of hydrogen-bond acceptors (Lipinski definition) is 3. The van der Waals surface area contributed by atoms with E-state index in [0.29, 0.717) is 6.42 Å². The SMILES string of the molecule is CC(C)=CCC/C(C)=C/C(C(=O)O)S(=O)(=O)c1ccc(C)cc1. The maximum Gasteiger partial charge on any atom is 0.326 e. The van der Waals surface area contributed by atoms with Crippen LogP contribution in [0.25, 0.3) is 0 Å². The fraction of sp³-hybridized carbons (Fsp3) is 0.389. The van der Waals surface area contributed by atoms with Gasteiger partial charge in [0.15, 0.2) is 15.1 Å². The molecule has 0 aliphatic carbocycles. The maximum atomic E-state index is 12.6. The number of rotatable bonds is 7. The summed E-state index contributed by atoms with van der Waals surface area (Å²) in [5.41, 5.74) is 2.86. The molecule has 0 fully saturated rings. The van der Waals surface area contributed by atoms with Gasteiger partial charge in [-0.15, -0.1) is 0 Å². The Morgan fingerprint density at radius 1 is 1.17 bits per heavy atom. The van der Waals surface area contributed by atoms with Crippen molar-refractivity contribution < 1.29 is 18.3 Å². The zero-order valence-corrected chi connectivity index (χ0v) is 14.9. The van der Waals surface area contributed by atoms with Crippen LogP contribution in [0, 0.1) is 6.92 Å². The van der Waals surface area contributed by atoms with Crippen molar-refractivity contribution in [2.24, 2.45) is 0 Å². The van der Waals surface area contributed by atoms with Crippen LogP contribution >= 0.6 is 0 Å². The fourth-order valence-corrected chi connectivity index (χ4v) is 3.58. The molecule has 1 aromatic carbocycles. The Kier molecular flexibility index (Phi) is 6.76. The van der Waals surface area contributed by atoms with Crippen LogP contribution < -0.4 is 0 Å². The molecule has 1 atom stereocenters. The Bertz CT molecular complexity index is 706. The van der Waals surface area contributed by atoms with E-state index in [2.05, 4.69) is 0 Å². The summed E-state index contributed by atoms with van der Waals surface area (Å²) in [4.78, 5) is 11.5. The highest BCUT2D eigenvalue weighted by molar-refractivity contribution is 7.93. The van der Waals surface area contributed by atoms with Gasteiger partial charge in [-0.3, -0.25) is 4.79 Å². The fourth-order valence-electron chi connectivity index (χ4n) is 2.10. The first-order valence-corrected chi connectivity index (χ1v) is 9.03. The Morgan fingerprint density at radius 3 is 2.22 bits per heavy atom. The summed E-state index contributed by atoms with van der Waals surface area (Å²) in [5, 5.41) is 7.79. The first-order valence-electron chi connectivity index (χ1n) is 7.48. The predicted octanol–water partition coefficient (Wildman–Crippen LogP) is 3.91. The summed E-state index contributed by atoms with van der Waals surface area (Å²) in [6.07, 6.45) is 4.79. The van der Waals surface area contributed by atoms with Gasteiger partial charge in [0.25, 0.3) is 0 Å². The average molecular weight is 336 g/mol. The zero-order valence-electron chi connectivity index (χ0n) is 14.0.